The molecule has 0 N–H and O–H groups in total. The van der Waals surface area contributed by atoms with Crippen LogP contribution in [0.25, 0.3) is 0 Å². The molecule has 0 spiro atoms. The molecule has 1 heterocycles. The summed E-state index contributed by atoms with van der Waals surface area (Å²) < 4.78 is 21.3. The van der Waals surface area contributed by atoms with Crippen LogP contribution in [0.3, 0.4) is 0 Å². The Bertz CT molecular complexity index is 175. The molecule has 4 nitrogen and oxygen atoms in total. The zero-order chi connectivity index (χ0) is 11.1. The zero-order valence-corrected chi connectivity index (χ0v) is 11.0. The van der Waals surface area contributed by atoms with Crippen molar-refractivity contribution in [2.24, 2.45) is 0 Å². The summed E-state index contributed by atoms with van der Waals surface area (Å²) in [5.74, 6) is 0. The van der Waals surface area contributed by atoms with E-state index in [2.05, 4.69) is 6.55 Å². The summed E-state index contributed by atoms with van der Waals surface area (Å²) in [7, 11) is 1.89. The summed E-state index contributed by atoms with van der Waals surface area (Å²) in [4.78, 5) is 0. The van der Waals surface area contributed by atoms with Gasteiger partial charge in [0.2, 0.25) is 8.32 Å². The minimum atomic E-state index is -1.62. The molecule has 0 amide bonds. The number of ether oxygens (including phenoxy) is 3. The van der Waals surface area contributed by atoms with Gasteiger partial charge in [-0.15, -0.1) is 0 Å². The molecule has 5 heteroatoms. The molecule has 1 aliphatic heterocycles. The van der Waals surface area contributed by atoms with E-state index in [4.69, 9.17) is 18.6 Å². The van der Waals surface area contributed by atoms with Crippen LogP contribution in [-0.4, -0.2) is 54.7 Å². The van der Waals surface area contributed by atoms with Gasteiger partial charge in [0.15, 0.2) is 0 Å². The van der Waals surface area contributed by atoms with Gasteiger partial charge < -0.3 is 18.6 Å². The summed E-state index contributed by atoms with van der Waals surface area (Å²) in [6.07, 6.45) is 2.18. The summed E-state index contributed by atoms with van der Waals surface area (Å²) in [5.41, 5.74) is 0. The van der Waals surface area contributed by atoms with Crippen LogP contribution in [0.15, 0.2) is 0 Å². The Morgan fingerprint density at radius 3 is 2.67 bits per heavy atom. The van der Waals surface area contributed by atoms with E-state index < -0.39 is 8.32 Å². The molecule has 15 heavy (non-hydrogen) atoms. The van der Waals surface area contributed by atoms with Gasteiger partial charge in [-0.25, -0.2) is 0 Å². The SMILES string of the molecule is COC[Si](C)(CCCOCC1CO1)OC. The maximum atomic E-state index is 5.55. The molecule has 0 radical (unpaired) electrons. The van der Waals surface area contributed by atoms with E-state index in [9.17, 15) is 0 Å². The van der Waals surface area contributed by atoms with Crippen molar-refractivity contribution >= 4 is 8.32 Å². The van der Waals surface area contributed by atoms with Crippen molar-refractivity contribution in [2.45, 2.75) is 25.1 Å². The van der Waals surface area contributed by atoms with Gasteiger partial charge in [-0.05, 0) is 19.0 Å². The Labute approximate surface area is 93.0 Å². The lowest BCUT2D eigenvalue weighted by Gasteiger charge is -2.24. The molecule has 0 bridgehead atoms. The molecule has 0 saturated carbocycles. The van der Waals surface area contributed by atoms with Crippen molar-refractivity contribution in [3.8, 4) is 0 Å². The van der Waals surface area contributed by atoms with E-state index >= 15 is 0 Å². The molecule has 0 aromatic heterocycles. The molecular formula is C10H22O4Si. The average Bonchev–Trinajstić information content (AvgIpc) is 3.02. The van der Waals surface area contributed by atoms with Gasteiger partial charge in [-0.2, -0.15) is 0 Å². The van der Waals surface area contributed by atoms with Gasteiger partial charge in [0.25, 0.3) is 0 Å². The Kier molecular flexibility index (Phi) is 5.77. The Morgan fingerprint density at radius 2 is 2.13 bits per heavy atom. The first-order chi connectivity index (χ1) is 7.20. The van der Waals surface area contributed by atoms with Crippen LogP contribution in [0.4, 0.5) is 0 Å². The highest BCUT2D eigenvalue weighted by Crippen LogP contribution is 2.14. The van der Waals surface area contributed by atoms with Crippen molar-refractivity contribution < 1.29 is 18.6 Å². The molecule has 1 rings (SSSR count). The zero-order valence-electron chi connectivity index (χ0n) is 9.95. The van der Waals surface area contributed by atoms with E-state index in [0.717, 1.165) is 38.5 Å². The number of hydrogen-bond acceptors (Lipinski definition) is 4. The third-order valence-corrected chi connectivity index (χ3v) is 5.94. The van der Waals surface area contributed by atoms with Crippen LogP contribution >= 0.6 is 0 Å². The molecule has 0 aromatic rings. The number of rotatable bonds is 9. The van der Waals surface area contributed by atoms with Gasteiger partial charge >= 0.3 is 0 Å². The monoisotopic (exact) mass is 234 g/mol. The fraction of sp³-hybridized carbons (Fsp3) is 1.00. The predicted molar refractivity (Wildman–Crippen MR) is 60.5 cm³/mol. The van der Waals surface area contributed by atoms with Gasteiger partial charge in [0, 0.05) is 20.8 Å². The van der Waals surface area contributed by atoms with Crippen LogP contribution in [0.2, 0.25) is 12.6 Å². The highest BCUT2D eigenvalue weighted by molar-refractivity contribution is 6.72. The van der Waals surface area contributed by atoms with Crippen molar-refractivity contribution in [2.75, 3.05) is 40.3 Å². The first-order valence-electron chi connectivity index (χ1n) is 5.43. The van der Waals surface area contributed by atoms with Gasteiger partial charge in [-0.3, -0.25) is 0 Å². The normalized spacial score (nSPS) is 23.8. The molecule has 1 aliphatic rings. The average molecular weight is 234 g/mol. The largest absolute Gasteiger partial charge is 0.418 e. The van der Waals surface area contributed by atoms with Crippen LogP contribution in [0.5, 0.6) is 0 Å². The highest BCUT2D eigenvalue weighted by Gasteiger charge is 2.27. The predicted octanol–water partition coefficient (Wildman–Crippen LogP) is 1.20. The standard InChI is InChI=1S/C10H22O4Si/c1-11-9-15(3,12-2)6-4-5-13-7-10-8-14-10/h10H,4-9H2,1-3H3. The summed E-state index contributed by atoms with van der Waals surface area (Å²) in [6.45, 7) is 4.61. The molecule has 0 aliphatic carbocycles. The smallest absolute Gasteiger partial charge is 0.214 e. The van der Waals surface area contributed by atoms with E-state index in [0.29, 0.717) is 6.10 Å². The third kappa shape index (κ3) is 5.63. The molecule has 2 atom stereocenters. The van der Waals surface area contributed by atoms with Crippen molar-refractivity contribution in [1.82, 2.24) is 0 Å². The lowest BCUT2D eigenvalue weighted by Crippen LogP contribution is -2.39. The molecule has 2 unspecified atom stereocenters. The highest BCUT2D eigenvalue weighted by atomic mass is 28.4. The maximum absolute atomic E-state index is 5.55. The molecule has 0 aromatic carbocycles. The quantitative estimate of drug-likeness (QED) is 0.341. The molecular weight excluding hydrogens is 212 g/mol. The van der Waals surface area contributed by atoms with Crippen molar-refractivity contribution in [1.29, 1.82) is 0 Å². The Morgan fingerprint density at radius 1 is 1.40 bits per heavy atom. The minimum absolute atomic E-state index is 0.370. The van der Waals surface area contributed by atoms with Gasteiger partial charge in [-0.1, -0.05) is 0 Å². The summed E-state index contributed by atoms with van der Waals surface area (Å²) >= 11 is 0. The fourth-order valence-corrected chi connectivity index (χ4v) is 3.43. The molecule has 90 valence electrons. The van der Waals surface area contributed by atoms with E-state index in [1.54, 1.807) is 14.2 Å². The van der Waals surface area contributed by atoms with E-state index in [-0.39, 0.29) is 0 Å². The van der Waals surface area contributed by atoms with Gasteiger partial charge in [0.05, 0.1) is 19.4 Å². The number of hydrogen-bond donors (Lipinski definition) is 0. The third-order valence-electron chi connectivity index (χ3n) is 2.64. The summed E-state index contributed by atoms with van der Waals surface area (Å²) in [5, 5.41) is 0. The fourth-order valence-electron chi connectivity index (χ4n) is 1.47. The molecule has 1 fully saturated rings. The topological polar surface area (TPSA) is 40.2 Å². The van der Waals surface area contributed by atoms with Crippen LogP contribution in [-0.2, 0) is 18.6 Å². The minimum Gasteiger partial charge on any atom is -0.418 e. The van der Waals surface area contributed by atoms with Crippen LogP contribution < -0.4 is 0 Å². The maximum Gasteiger partial charge on any atom is 0.214 e. The Balaban J connectivity index is 1.99. The molecule has 1 saturated heterocycles. The second kappa shape index (κ2) is 6.60. The van der Waals surface area contributed by atoms with E-state index in [1.807, 2.05) is 0 Å². The second-order valence-electron chi connectivity index (χ2n) is 4.22. The second-order valence-corrected chi connectivity index (χ2v) is 8.32. The first kappa shape index (κ1) is 13.1. The van der Waals surface area contributed by atoms with Crippen LogP contribution in [0, 0.1) is 0 Å². The summed E-state index contributed by atoms with van der Waals surface area (Å²) in [6, 6.07) is 1.09. The first-order valence-corrected chi connectivity index (χ1v) is 8.26. The van der Waals surface area contributed by atoms with Gasteiger partial charge in [0.1, 0.15) is 6.10 Å². The van der Waals surface area contributed by atoms with Crippen LogP contribution in [0.1, 0.15) is 6.42 Å². The van der Waals surface area contributed by atoms with Crippen molar-refractivity contribution in [3.63, 3.8) is 0 Å². The number of epoxide rings is 1. The van der Waals surface area contributed by atoms with E-state index in [1.165, 1.54) is 0 Å². The number of methoxy groups -OCH3 is 1. The Hall–Kier alpha value is 0.0569. The lowest BCUT2D eigenvalue weighted by atomic mass is 10.5. The van der Waals surface area contributed by atoms with Crippen molar-refractivity contribution in [3.05, 3.63) is 0 Å². The lowest BCUT2D eigenvalue weighted by molar-refractivity contribution is 0.116.